The number of ether oxygens (including phenoxy) is 2. The lowest BCUT2D eigenvalue weighted by atomic mass is 10.4. The summed E-state index contributed by atoms with van der Waals surface area (Å²) in [7, 11) is 0. The van der Waals surface area contributed by atoms with Gasteiger partial charge in [-0.1, -0.05) is 0 Å². The minimum atomic E-state index is -0.475. The molecule has 0 aliphatic rings. The molecule has 0 spiro atoms. The first kappa shape index (κ1) is 11.4. The van der Waals surface area contributed by atoms with Crippen LogP contribution in [0.3, 0.4) is 0 Å². The molecule has 0 bridgehead atoms. The molecule has 4 nitrogen and oxygen atoms in total. The molecule has 0 saturated heterocycles. The fourth-order valence-corrected chi connectivity index (χ4v) is 0.671. The Morgan fingerprint density at radius 2 is 2.25 bits per heavy atom. The number of hydrogen-bond donors (Lipinski definition) is 1. The standard InChI is InChI=1S/C8H17NO3/c1-3-11-8(10)7(2)12-6-4-5-9/h7H,3-6,9H2,1-2H3. The van der Waals surface area contributed by atoms with Gasteiger partial charge >= 0.3 is 5.97 Å². The van der Waals surface area contributed by atoms with E-state index in [1.807, 2.05) is 0 Å². The van der Waals surface area contributed by atoms with E-state index in [-0.39, 0.29) is 5.97 Å². The Labute approximate surface area is 73.0 Å². The first-order valence-corrected chi connectivity index (χ1v) is 4.20. The number of rotatable bonds is 6. The van der Waals surface area contributed by atoms with Crippen LogP contribution in [0.2, 0.25) is 0 Å². The summed E-state index contributed by atoms with van der Waals surface area (Å²) >= 11 is 0. The third-order valence-corrected chi connectivity index (χ3v) is 1.33. The highest BCUT2D eigenvalue weighted by Gasteiger charge is 2.13. The first-order chi connectivity index (χ1) is 5.72. The average molecular weight is 175 g/mol. The fraction of sp³-hybridized carbons (Fsp3) is 0.875. The van der Waals surface area contributed by atoms with E-state index in [1.165, 1.54) is 0 Å². The second-order valence-corrected chi connectivity index (χ2v) is 2.41. The highest BCUT2D eigenvalue weighted by Crippen LogP contribution is 1.95. The highest BCUT2D eigenvalue weighted by atomic mass is 16.6. The minimum absolute atomic E-state index is 0.311. The largest absolute Gasteiger partial charge is 0.464 e. The summed E-state index contributed by atoms with van der Waals surface area (Å²) in [6, 6.07) is 0. The van der Waals surface area contributed by atoms with Gasteiger partial charge in [0.25, 0.3) is 0 Å². The van der Waals surface area contributed by atoms with Crippen LogP contribution in [0.4, 0.5) is 0 Å². The predicted octanol–water partition coefficient (Wildman–Crippen LogP) is 0.303. The zero-order valence-electron chi connectivity index (χ0n) is 7.71. The van der Waals surface area contributed by atoms with Gasteiger partial charge in [0.2, 0.25) is 0 Å². The van der Waals surface area contributed by atoms with Crippen LogP contribution in [0.1, 0.15) is 20.3 Å². The van der Waals surface area contributed by atoms with Crippen molar-refractivity contribution in [2.45, 2.75) is 26.4 Å². The lowest BCUT2D eigenvalue weighted by molar-refractivity contribution is -0.155. The molecule has 72 valence electrons. The van der Waals surface area contributed by atoms with Gasteiger partial charge in [-0.05, 0) is 26.8 Å². The van der Waals surface area contributed by atoms with Crippen LogP contribution >= 0.6 is 0 Å². The summed E-state index contributed by atoms with van der Waals surface area (Å²) in [5.74, 6) is -0.311. The SMILES string of the molecule is CCOC(=O)C(C)OCCCN. The Hall–Kier alpha value is -0.610. The van der Waals surface area contributed by atoms with E-state index >= 15 is 0 Å². The molecule has 0 saturated carbocycles. The van der Waals surface area contributed by atoms with Crippen molar-refractivity contribution in [1.82, 2.24) is 0 Å². The summed E-state index contributed by atoms with van der Waals surface area (Å²) in [5, 5.41) is 0. The van der Waals surface area contributed by atoms with Gasteiger partial charge in [0.1, 0.15) is 0 Å². The quantitative estimate of drug-likeness (QED) is 0.466. The third-order valence-electron chi connectivity index (χ3n) is 1.33. The Balaban J connectivity index is 3.42. The Kier molecular flexibility index (Phi) is 6.70. The van der Waals surface area contributed by atoms with E-state index in [4.69, 9.17) is 15.2 Å². The molecule has 0 amide bonds. The second-order valence-electron chi connectivity index (χ2n) is 2.41. The smallest absolute Gasteiger partial charge is 0.334 e. The highest BCUT2D eigenvalue weighted by molar-refractivity contribution is 5.74. The molecule has 0 aromatic carbocycles. The molecule has 0 aliphatic heterocycles. The van der Waals surface area contributed by atoms with Crippen molar-refractivity contribution in [1.29, 1.82) is 0 Å². The van der Waals surface area contributed by atoms with E-state index in [1.54, 1.807) is 13.8 Å². The van der Waals surface area contributed by atoms with Crippen molar-refractivity contribution in [3.63, 3.8) is 0 Å². The maximum absolute atomic E-state index is 11.0. The van der Waals surface area contributed by atoms with Crippen molar-refractivity contribution in [3.05, 3.63) is 0 Å². The molecule has 1 unspecified atom stereocenters. The summed E-state index contributed by atoms with van der Waals surface area (Å²) in [5.41, 5.74) is 5.25. The normalized spacial score (nSPS) is 12.6. The lowest BCUT2D eigenvalue weighted by Crippen LogP contribution is -2.24. The van der Waals surface area contributed by atoms with Gasteiger partial charge in [0, 0.05) is 6.61 Å². The number of hydrogen-bond acceptors (Lipinski definition) is 4. The molecule has 2 N–H and O–H groups in total. The van der Waals surface area contributed by atoms with Crippen molar-refractivity contribution in [3.8, 4) is 0 Å². The van der Waals surface area contributed by atoms with Crippen LogP contribution in [0.25, 0.3) is 0 Å². The zero-order valence-corrected chi connectivity index (χ0v) is 7.71. The number of nitrogens with two attached hydrogens (primary N) is 1. The molecule has 0 fully saturated rings. The minimum Gasteiger partial charge on any atom is -0.464 e. The zero-order chi connectivity index (χ0) is 9.40. The Bertz CT molecular complexity index is 127. The topological polar surface area (TPSA) is 61.5 Å². The van der Waals surface area contributed by atoms with Crippen LogP contribution < -0.4 is 5.73 Å². The van der Waals surface area contributed by atoms with Crippen LogP contribution in [0.5, 0.6) is 0 Å². The van der Waals surface area contributed by atoms with Crippen molar-refractivity contribution >= 4 is 5.97 Å². The molecule has 0 aromatic rings. The number of carbonyl (C=O) groups excluding carboxylic acids is 1. The van der Waals surface area contributed by atoms with Crippen LogP contribution in [-0.2, 0) is 14.3 Å². The summed E-state index contributed by atoms with van der Waals surface area (Å²) in [4.78, 5) is 11.0. The lowest BCUT2D eigenvalue weighted by Gasteiger charge is -2.10. The average Bonchev–Trinajstić information content (AvgIpc) is 2.05. The summed E-state index contributed by atoms with van der Waals surface area (Å²) in [6.07, 6.45) is 0.292. The molecule has 0 rings (SSSR count). The van der Waals surface area contributed by atoms with Crippen molar-refractivity contribution < 1.29 is 14.3 Å². The maximum Gasteiger partial charge on any atom is 0.334 e. The van der Waals surface area contributed by atoms with Gasteiger partial charge in [-0.25, -0.2) is 4.79 Å². The fourth-order valence-electron chi connectivity index (χ4n) is 0.671. The molecule has 0 aromatic heterocycles. The number of esters is 1. The van der Waals surface area contributed by atoms with Gasteiger partial charge < -0.3 is 15.2 Å². The van der Waals surface area contributed by atoms with E-state index in [0.717, 1.165) is 6.42 Å². The van der Waals surface area contributed by atoms with Gasteiger partial charge in [0.15, 0.2) is 6.10 Å². The summed E-state index contributed by atoms with van der Waals surface area (Å²) < 4.78 is 9.88. The molecular formula is C8H17NO3. The number of carbonyl (C=O) groups is 1. The molecule has 0 heterocycles. The molecule has 4 heteroatoms. The van der Waals surface area contributed by atoms with Crippen molar-refractivity contribution in [2.24, 2.45) is 5.73 Å². The monoisotopic (exact) mass is 175 g/mol. The van der Waals surface area contributed by atoms with E-state index < -0.39 is 6.10 Å². The van der Waals surface area contributed by atoms with E-state index in [2.05, 4.69) is 0 Å². The molecule has 0 aliphatic carbocycles. The molecule has 12 heavy (non-hydrogen) atoms. The summed E-state index contributed by atoms with van der Waals surface area (Å²) in [6.45, 7) is 4.93. The Morgan fingerprint density at radius 3 is 2.75 bits per heavy atom. The molecule has 0 radical (unpaired) electrons. The second kappa shape index (κ2) is 7.06. The van der Waals surface area contributed by atoms with Crippen LogP contribution in [-0.4, -0.2) is 31.8 Å². The molecular weight excluding hydrogens is 158 g/mol. The first-order valence-electron chi connectivity index (χ1n) is 4.20. The van der Waals surface area contributed by atoms with Crippen molar-refractivity contribution in [2.75, 3.05) is 19.8 Å². The van der Waals surface area contributed by atoms with Crippen LogP contribution in [0.15, 0.2) is 0 Å². The van der Waals surface area contributed by atoms with Gasteiger partial charge in [0.05, 0.1) is 6.61 Å². The van der Waals surface area contributed by atoms with Gasteiger partial charge in [-0.2, -0.15) is 0 Å². The third kappa shape index (κ3) is 5.09. The Morgan fingerprint density at radius 1 is 1.58 bits per heavy atom. The van der Waals surface area contributed by atoms with E-state index in [9.17, 15) is 4.79 Å². The maximum atomic E-state index is 11.0. The van der Waals surface area contributed by atoms with Gasteiger partial charge in [-0.15, -0.1) is 0 Å². The van der Waals surface area contributed by atoms with E-state index in [0.29, 0.717) is 19.8 Å². The van der Waals surface area contributed by atoms with Crippen LogP contribution in [0, 0.1) is 0 Å². The predicted molar refractivity (Wildman–Crippen MR) is 45.7 cm³/mol. The van der Waals surface area contributed by atoms with Gasteiger partial charge in [-0.3, -0.25) is 0 Å². The molecule has 1 atom stereocenters.